The predicted octanol–water partition coefficient (Wildman–Crippen LogP) is 3.22. The predicted molar refractivity (Wildman–Crippen MR) is 122 cm³/mol. The fraction of sp³-hybridized carbons (Fsp3) is 0.400. The van der Waals surface area contributed by atoms with E-state index in [2.05, 4.69) is 11.0 Å². The van der Waals surface area contributed by atoms with Gasteiger partial charge in [-0.2, -0.15) is 0 Å². The van der Waals surface area contributed by atoms with E-state index in [1.54, 1.807) is 11.7 Å². The Morgan fingerprint density at radius 2 is 2.03 bits per heavy atom. The van der Waals surface area contributed by atoms with Gasteiger partial charge in [-0.3, -0.25) is 9.59 Å². The molecule has 0 unspecified atom stereocenters. The summed E-state index contributed by atoms with van der Waals surface area (Å²) in [5.74, 6) is 0.549. The van der Waals surface area contributed by atoms with Crippen molar-refractivity contribution in [3.8, 4) is 17.1 Å². The normalized spacial score (nSPS) is 19.0. The maximum absolute atomic E-state index is 13.4. The van der Waals surface area contributed by atoms with Gasteiger partial charge in [-0.25, -0.2) is 4.98 Å². The van der Waals surface area contributed by atoms with E-state index in [1.165, 1.54) is 0 Å². The number of carbonyl (C=O) groups is 1. The number of hydrogen-bond donors (Lipinski definition) is 0. The highest BCUT2D eigenvalue weighted by Gasteiger charge is 2.43. The summed E-state index contributed by atoms with van der Waals surface area (Å²) in [5, 5.41) is 1.03. The van der Waals surface area contributed by atoms with Gasteiger partial charge >= 0.3 is 5.97 Å². The molecule has 7 heteroatoms. The van der Waals surface area contributed by atoms with Crippen molar-refractivity contribution < 1.29 is 14.3 Å². The molecule has 0 radical (unpaired) electrons. The molecular weight excluding hydrogens is 406 g/mol. The SMILES string of the molecule is CC[C@@]1(C)C(=O)OCc2c1cc1n(c2=O)Cc2cc3c(CN(C)C)c(OC)ccc3nc2-1. The number of hydrogen-bond acceptors (Lipinski definition) is 6. The fourth-order valence-corrected chi connectivity index (χ4v) is 4.92. The number of benzene rings is 1. The van der Waals surface area contributed by atoms with Crippen molar-refractivity contribution in [1.82, 2.24) is 14.5 Å². The maximum atomic E-state index is 13.4. The molecule has 0 spiro atoms. The lowest BCUT2D eigenvalue weighted by Gasteiger charge is -2.33. The highest BCUT2D eigenvalue weighted by atomic mass is 16.5. The average molecular weight is 434 g/mol. The summed E-state index contributed by atoms with van der Waals surface area (Å²) in [4.78, 5) is 33.0. The van der Waals surface area contributed by atoms with Crippen LogP contribution in [0.15, 0.2) is 29.1 Å². The molecule has 1 aromatic carbocycles. The molecule has 0 bridgehead atoms. The van der Waals surface area contributed by atoms with Crippen LogP contribution in [-0.2, 0) is 34.6 Å². The van der Waals surface area contributed by atoms with Gasteiger partial charge in [0.1, 0.15) is 12.4 Å². The summed E-state index contributed by atoms with van der Waals surface area (Å²) in [6, 6.07) is 8.01. The Morgan fingerprint density at radius 1 is 1.25 bits per heavy atom. The van der Waals surface area contributed by atoms with Crippen molar-refractivity contribution in [2.45, 2.75) is 45.4 Å². The van der Waals surface area contributed by atoms with Gasteiger partial charge < -0.3 is 18.9 Å². The molecule has 2 aromatic heterocycles. The third-order valence-electron chi connectivity index (χ3n) is 6.91. The molecule has 4 heterocycles. The van der Waals surface area contributed by atoms with Gasteiger partial charge in [0.25, 0.3) is 5.56 Å². The topological polar surface area (TPSA) is 73.7 Å². The fourth-order valence-electron chi connectivity index (χ4n) is 4.92. The number of rotatable bonds is 4. The molecule has 0 amide bonds. The van der Waals surface area contributed by atoms with Gasteiger partial charge in [-0.05, 0) is 57.3 Å². The lowest BCUT2D eigenvalue weighted by molar-refractivity contribution is -0.153. The Morgan fingerprint density at radius 3 is 2.72 bits per heavy atom. The molecule has 7 nitrogen and oxygen atoms in total. The minimum Gasteiger partial charge on any atom is -0.496 e. The van der Waals surface area contributed by atoms with E-state index < -0.39 is 5.41 Å². The lowest BCUT2D eigenvalue weighted by atomic mass is 9.76. The van der Waals surface area contributed by atoms with Crippen molar-refractivity contribution in [1.29, 1.82) is 0 Å². The largest absolute Gasteiger partial charge is 0.496 e. The first-order chi connectivity index (χ1) is 15.3. The van der Waals surface area contributed by atoms with Crippen LogP contribution in [-0.4, -0.2) is 41.6 Å². The number of ether oxygens (including phenoxy) is 2. The molecule has 2 aliphatic rings. The number of carbonyl (C=O) groups excluding carboxylic acids is 1. The van der Waals surface area contributed by atoms with Gasteiger partial charge in [0.15, 0.2) is 0 Å². The highest BCUT2D eigenvalue weighted by Crippen LogP contribution is 2.40. The summed E-state index contributed by atoms with van der Waals surface area (Å²) in [6.07, 6.45) is 0.563. The zero-order chi connectivity index (χ0) is 22.8. The summed E-state index contributed by atoms with van der Waals surface area (Å²) in [6.45, 7) is 5.00. The van der Waals surface area contributed by atoms with Gasteiger partial charge in [-0.1, -0.05) is 6.92 Å². The number of nitrogens with zero attached hydrogens (tertiary/aromatic N) is 3. The van der Waals surface area contributed by atoms with Crippen molar-refractivity contribution in [2.24, 2.45) is 0 Å². The Labute approximate surface area is 186 Å². The van der Waals surface area contributed by atoms with E-state index in [-0.39, 0.29) is 18.1 Å². The van der Waals surface area contributed by atoms with E-state index in [0.717, 1.165) is 51.3 Å². The van der Waals surface area contributed by atoms with Gasteiger partial charge in [0.05, 0.1) is 41.5 Å². The van der Waals surface area contributed by atoms with Crippen molar-refractivity contribution in [3.05, 3.63) is 56.9 Å². The Balaban J connectivity index is 1.74. The third-order valence-corrected chi connectivity index (χ3v) is 6.91. The summed E-state index contributed by atoms with van der Waals surface area (Å²) >= 11 is 0. The van der Waals surface area contributed by atoms with Crippen molar-refractivity contribution in [3.63, 3.8) is 0 Å². The Bertz CT molecular complexity index is 1340. The van der Waals surface area contributed by atoms with Crippen LogP contribution < -0.4 is 10.3 Å². The zero-order valence-corrected chi connectivity index (χ0v) is 19.1. The first-order valence-electron chi connectivity index (χ1n) is 10.9. The summed E-state index contributed by atoms with van der Waals surface area (Å²) < 4.78 is 12.8. The number of cyclic esters (lactones) is 1. The van der Waals surface area contributed by atoms with Gasteiger partial charge in [0, 0.05) is 23.1 Å². The number of esters is 1. The smallest absolute Gasteiger partial charge is 0.316 e. The molecule has 0 saturated heterocycles. The maximum Gasteiger partial charge on any atom is 0.316 e. The molecule has 166 valence electrons. The second-order valence-electron chi connectivity index (χ2n) is 9.12. The summed E-state index contributed by atoms with van der Waals surface area (Å²) in [7, 11) is 5.72. The molecule has 3 aromatic rings. The van der Waals surface area contributed by atoms with Gasteiger partial charge in [-0.15, -0.1) is 0 Å². The Kier molecular flexibility index (Phi) is 4.64. The molecule has 5 rings (SSSR count). The minimum absolute atomic E-state index is 0.0266. The van der Waals surface area contributed by atoms with Crippen LogP contribution in [0.5, 0.6) is 5.75 Å². The zero-order valence-electron chi connectivity index (χ0n) is 19.1. The van der Waals surface area contributed by atoms with Gasteiger partial charge in [0.2, 0.25) is 0 Å². The summed E-state index contributed by atoms with van der Waals surface area (Å²) in [5.41, 5.74) is 4.92. The molecule has 2 aliphatic heterocycles. The molecule has 32 heavy (non-hydrogen) atoms. The molecular formula is C25H27N3O4. The third kappa shape index (κ3) is 2.80. The molecule has 0 saturated carbocycles. The van der Waals surface area contributed by atoms with Crippen LogP contribution in [0.25, 0.3) is 22.3 Å². The first kappa shape index (κ1) is 20.7. The van der Waals surface area contributed by atoms with E-state index in [1.807, 2.05) is 46.1 Å². The van der Waals surface area contributed by atoms with Crippen LogP contribution >= 0.6 is 0 Å². The van der Waals surface area contributed by atoms with Crippen molar-refractivity contribution in [2.75, 3.05) is 21.2 Å². The van der Waals surface area contributed by atoms with Crippen molar-refractivity contribution >= 4 is 16.9 Å². The second kappa shape index (κ2) is 7.17. The highest BCUT2D eigenvalue weighted by molar-refractivity contribution is 5.89. The number of fused-ring (bicyclic) bond motifs is 5. The lowest BCUT2D eigenvalue weighted by Crippen LogP contribution is -2.42. The minimum atomic E-state index is -0.825. The average Bonchev–Trinajstić information content (AvgIpc) is 3.13. The van der Waals surface area contributed by atoms with E-state index in [0.29, 0.717) is 18.5 Å². The number of aromatic nitrogens is 2. The van der Waals surface area contributed by atoms with Crippen LogP contribution in [0.3, 0.4) is 0 Å². The quantitative estimate of drug-likeness (QED) is 0.460. The second-order valence-corrected chi connectivity index (χ2v) is 9.12. The standard InChI is InChI=1S/C25H27N3O4/c1-6-25(2)18-10-20-22-14(11-28(20)23(29)17(18)13-32-24(25)30)9-15-16(12-27(3)4)21(31-5)8-7-19(15)26-22/h7-10H,6,11-13H2,1-5H3/t25-/m1/s1. The van der Waals surface area contributed by atoms with E-state index in [4.69, 9.17) is 14.5 Å². The number of pyridine rings is 2. The monoisotopic (exact) mass is 433 g/mol. The molecule has 0 aliphatic carbocycles. The molecule has 0 fully saturated rings. The molecule has 1 atom stereocenters. The van der Waals surface area contributed by atoms with Crippen LogP contribution in [0.2, 0.25) is 0 Å². The van der Waals surface area contributed by atoms with E-state index >= 15 is 0 Å². The Hall–Kier alpha value is -3.19. The van der Waals surface area contributed by atoms with Crippen LogP contribution in [0.4, 0.5) is 0 Å². The number of methoxy groups -OCH3 is 1. The van der Waals surface area contributed by atoms with Crippen LogP contribution in [0.1, 0.15) is 42.5 Å². The van der Waals surface area contributed by atoms with Crippen LogP contribution in [0, 0.1) is 0 Å². The molecule has 0 N–H and O–H groups in total. The first-order valence-corrected chi connectivity index (χ1v) is 10.9. The van der Waals surface area contributed by atoms with E-state index in [9.17, 15) is 9.59 Å².